The van der Waals surface area contributed by atoms with Crippen molar-refractivity contribution in [2.45, 2.75) is 20.8 Å². The lowest BCUT2D eigenvalue weighted by atomic mass is 10.1. The molecule has 3 rings (SSSR count). The van der Waals surface area contributed by atoms with Crippen LogP contribution in [0.4, 0.5) is 5.13 Å². The lowest BCUT2D eigenvalue weighted by Gasteiger charge is -2.05. The van der Waals surface area contributed by atoms with E-state index in [-0.39, 0.29) is 11.3 Å². The van der Waals surface area contributed by atoms with Crippen molar-refractivity contribution in [2.75, 3.05) is 19.0 Å². The number of rotatable bonds is 6. The van der Waals surface area contributed by atoms with E-state index in [1.165, 1.54) is 18.4 Å². The molecule has 0 aliphatic rings. The number of carbonyl (C=O) groups excluding carboxylic acids is 3. The van der Waals surface area contributed by atoms with Gasteiger partial charge in [0.1, 0.15) is 5.69 Å². The minimum atomic E-state index is -0.736. The van der Waals surface area contributed by atoms with Crippen LogP contribution in [0.5, 0.6) is 0 Å². The maximum atomic E-state index is 12.3. The van der Waals surface area contributed by atoms with Crippen LogP contribution in [-0.2, 0) is 14.3 Å². The van der Waals surface area contributed by atoms with Gasteiger partial charge in [-0.15, -0.1) is 11.3 Å². The third kappa shape index (κ3) is 4.57. The van der Waals surface area contributed by atoms with Gasteiger partial charge in [0.15, 0.2) is 11.7 Å². The van der Waals surface area contributed by atoms with E-state index >= 15 is 0 Å². The average Bonchev–Trinajstić information content (AvgIpc) is 3.30. The van der Waals surface area contributed by atoms with Crippen LogP contribution in [0.3, 0.4) is 0 Å². The second kappa shape index (κ2) is 8.91. The highest BCUT2D eigenvalue weighted by atomic mass is 32.1. The van der Waals surface area contributed by atoms with E-state index in [9.17, 15) is 14.4 Å². The molecule has 8 nitrogen and oxygen atoms in total. The molecule has 0 atom stereocenters. The highest BCUT2D eigenvalue weighted by molar-refractivity contribution is 7.14. The van der Waals surface area contributed by atoms with Gasteiger partial charge in [0.25, 0.3) is 5.91 Å². The van der Waals surface area contributed by atoms with E-state index in [1.54, 1.807) is 13.8 Å². The van der Waals surface area contributed by atoms with E-state index in [1.807, 2.05) is 36.6 Å². The molecule has 30 heavy (non-hydrogen) atoms. The number of benzene rings is 1. The second-order valence-corrected chi connectivity index (χ2v) is 7.50. The van der Waals surface area contributed by atoms with Gasteiger partial charge in [0, 0.05) is 16.6 Å². The Labute approximate surface area is 177 Å². The Kier molecular flexibility index (Phi) is 6.31. The minimum absolute atomic E-state index is 0.108. The third-order valence-corrected chi connectivity index (χ3v) is 5.22. The maximum absolute atomic E-state index is 12.3. The molecule has 0 radical (unpaired) electrons. The van der Waals surface area contributed by atoms with E-state index in [4.69, 9.17) is 9.47 Å². The van der Waals surface area contributed by atoms with Gasteiger partial charge in [-0.25, -0.2) is 14.6 Å². The number of thiazole rings is 1. The summed E-state index contributed by atoms with van der Waals surface area (Å²) < 4.78 is 9.79. The molecule has 1 aromatic carbocycles. The van der Waals surface area contributed by atoms with Crippen LogP contribution in [0.15, 0.2) is 29.6 Å². The number of aromatic amines is 1. The van der Waals surface area contributed by atoms with Gasteiger partial charge in [0.2, 0.25) is 0 Å². The lowest BCUT2D eigenvalue weighted by molar-refractivity contribution is -0.119. The third-order valence-electron chi connectivity index (χ3n) is 4.46. The first-order chi connectivity index (χ1) is 14.3. The summed E-state index contributed by atoms with van der Waals surface area (Å²) in [5, 5.41) is 4.86. The number of aromatic nitrogens is 2. The predicted molar refractivity (Wildman–Crippen MR) is 113 cm³/mol. The summed E-state index contributed by atoms with van der Waals surface area (Å²) in [6.07, 6.45) is 0. The van der Waals surface area contributed by atoms with Crippen LogP contribution in [-0.4, -0.2) is 41.5 Å². The fourth-order valence-corrected chi connectivity index (χ4v) is 3.64. The number of hydrogen-bond acceptors (Lipinski definition) is 7. The average molecular weight is 427 g/mol. The zero-order valence-electron chi connectivity index (χ0n) is 17.0. The standard InChI is InChI=1S/C21H21N3O5S/c1-11-5-7-14(8-6-11)15-10-30-21(23-15)24-16(25)9-29-20(27)18-12(2)17(13(3)22-18)19(26)28-4/h5-8,10,22H,9H2,1-4H3,(H,23,24,25). The number of anilines is 1. The highest BCUT2D eigenvalue weighted by Crippen LogP contribution is 2.25. The minimum Gasteiger partial charge on any atom is -0.465 e. The van der Waals surface area contributed by atoms with Crippen molar-refractivity contribution in [3.8, 4) is 11.3 Å². The zero-order valence-corrected chi connectivity index (χ0v) is 17.8. The summed E-state index contributed by atoms with van der Waals surface area (Å²) in [4.78, 5) is 43.5. The number of methoxy groups -OCH3 is 1. The van der Waals surface area contributed by atoms with Gasteiger partial charge in [-0.05, 0) is 26.3 Å². The van der Waals surface area contributed by atoms with Crippen LogP contribution in [0, 0.1) is 20.8 Å². The van der Waals surface area contributed by atoms with Gasteiger partial charge in [-0.1, -0.05) is 29.8 Å². The predicted octanol–water partition coefficient (Wildman–Crippen LogP) is 3.65. The van der Waals surface area contributed by atoms with Crippen LogP contribution >= 0.6 is 11.3 Å². The number of ether oxygens (including phenoxy) is 2. The van der Waals surface area contributed by atoms with Gasteiger partial charge >= 0.3 is 11.9 Å². The number of nitrogens with one attached hydrogen (secondary N) is 2. The first-order valence-corrected chi connectivity index (χ1v) is 9.95. The van der Waals surface area contributed by atoms with Crippen molar-refractivity contribution < 1.29 is 23.9 Å². The highest BCUT2D eigenvalue weighted by Gasteiger charge is 2.24. The largest absolute Gasteiger partial charge is 0.465 e. The molecule has 0 fully saturated rings. The van der Waals surface area contributed by atoms with E-state index in [0.29, 0.717) is 16.4 Å². The Morgan fingerprint density at radius 2 is 1.80 bits per heavy atom. The topological polar surface area (TPSA) is 110 Å². The summed E-state index contributed by atoms with van der Waals surface area (Å²) in [7, 11) is 1.26. The summed E-state index contributed by atoms with van der Waals surface area (Å²) in [6, 6.07) is 7.90. The monoisotopic (exact) mass is 427 g/mol. The van der Waals surface area contributed by atoms with E-state index < -0.39 is 24.5 Å². The SMILES string of the molecule is COC(=O)c1c(C)[nH]c(C(=O)OCC(=O)Nc2nc(-c3ccc(C)cc3)cs2)c1C. The zero-order chi connectivity index (χ0) is 21.8. The van der Waals surface area contributed by atoms with Crippen LogP contribution in [0.2, 0.25) is 0 Å². The number of H-pyrrole nitrogens is 1. The second-order valence-electron chi connectivity index (χ2n) is 6.64. The fraction of sp³-hybridized carbons (Fsp3) is 0.238. The fourth-order valence-electron chi connectivity index (χ4n) is 2.91. The molecule has 0 saturated heterocycles. The molecule has 9 heteroatoms. The van der Waals surface area contributed by atoms with Crippen LogP contribution in [0.1, 0.15) is 37.7 Å². The van der Waals surface area contributed by atoms with Gasteiger partial charge < -0.3 is 14.5 Å². The van der Waals surface area contributed by atoms with Crippen molar-refractivity contribution in [1.82, 2.24) is 9.97 Å². The number of nitrogens with zero attached hydrogens (tertiary/aromatic N) is 1. The number of hydrogen-bond donors (Lipinski definition) is 2. The molecule has 1 amide bonds. The molecule has 2 aromatic heterocycles. The number of esters is 2. The molecule has 0 saturated carbocycles. The molecule has 0 unspecified atom stereocenters. The summed E-state index contributed by atoms with van der Waals surface area (Å²) in [5.41, 5.74) is 4.13. The number of amides is 1. The molecule has 0 bridgehead atoms. The number of aryl methyl sites for hydroxylation is 2. The maximum Gasteiger partial charge on any atom is 0.355 e. The Bertz CT molecular complexity index is 1100. The Morgan fingerprint density at radius 1 is 1.10 bits per heavy atom. The molecule has 3 aromatic rings. The molecule has 0 spiro atoms. The summed E-state index contributed by atoms with van der Waals surface area (Å²) in [5.74, 6) is -1.80. The molecule has 0 aliphatic carbocycles. The number of carbonyl (C=O) groups is 3. The quantitative estimate of drug-likeness (QED) is 0.581. The molecule has 2 heterocycles. The van der Waals surface area contributed by atoms with Crippen LogP contribution < -0.4 is 5.32 Å². The van der Waals surface area contributed by atoms with E-state index in [0.717, 1.165) is 16.8 Å². The van der Waals surface area contributed by atoms with E-state index in [2.05, 4.69) is 15.3 Å². The molecule has 0 aliphatic heterocycles. The normalized spacial score (nSPS) is 10.5. The smallest absolute Gasteiger partial charge is 0.355 e. The molecular formula is C21H21N3O5S. The molecule has 2 N–H and O–H groups in total. The summed E-state index contributed by atoms with van der Waals surface area (Å²) in [6.45, 7) is 4.78. The van der Waals surface area contributed by atoms with Crippen molar-refractivity contribution in [2.24, 2.45) is 0 Å². The van der Waals surface area contributed by atoms with Crippen molar-refractivity contribution in [3.05, 3.63) is 57.7 Å². The summed E-state index contributed by atoms with van der Waals surface area (Å²) >= 11 is 1.28. The Morgan fingerprint density at radius 3 is 2.47 bits per heavy atom. The van der Waals surface area contributed by atoms with Crippen molar-refractivity contribution in [1.29, 1.82) is 0 Å². The van der Waals surface area contributed by atoms with Crippen molar-refractivity contribution >= 4 is 34.3 Å². The van der Waals surface area contributed by atoms with Gasteiger partial charge in [-0.2, -0.15) is 0 Å². The van der Waals surface area contributed by atoms with Crippen molar-refractivity contribution in [3.63, 3.8) is 0 Å². The first kappa shape index (κ1) is 21.3. The Balaban J connectivity index is 1.59. The van der Waals surface area contributed by atoms with Crippen LogP contribution in [0.25, 0.3) is 11.3 Å². The van der Waals surface area contributed by atoms with Gasteiger partial charge in [0.05, 0.1) is 18.4 Å². The Hall–Kier alpha value is -3.46. The first-order valence-electron chi connectivity index (χ1n) is 9.07. The van der Waals surface area contributed by atoms with Gasteiger partial charge in [-0.3, -0.25) is 10.1 Å². The molecule has 156 valence electrons. The molecular weight excluding hydrogens is 406 g/mol. The lowest BCUT2D eigenvalue weighted by Crippen LogP contribution is -2.21.